The van der Waals surface area contributed by atoms with Crippen LogP contribution < -0.4 is 5.32 Å². The van der Waals surface area contributed by atoms with Gasteiger partial charge in [-0.15, -0.1) is 0 Å². The number of nitrogens with one attached hydrogen (secondary N) is 1. The number of rotatable bonds is 7. The molecule has 0 saturated carbocycles. The van der Waals surface area contributed by atoms with Crippen LogP contribution in [0.4, 0.5) is 0 Å². The van der Waals surface area contributed by atoms with Crippen molar-refractivity contribution in [3.8, 4) is 0 Å². The summed E-state index contributed by atoms with van der Waals surface area (Å²) in [5.74, 6) is -0.269. The van der Waals surface area contributed by atoms with Crippen LogP contribution in [-0.4, -0.2) is 17.6 Å². The first kappa shape index (κ1) is 15.3. The maximum Gasteiger partial charge on any atom is 0.327 e. The van der Waals surface area contributed by atoms with E-state index in [-0.39, 0.29) is 5.97 Å². The van der Waals surface area contributed by atoms with Crippen molar-refractivity contribution in [1.29, 1.82) is 0 Å². The van der Waals surface area contributed by atoms with Crippen molar-refractivity contribution in [2.75, 3.05) is 7.11 Å². The molecule has 0 bridgehead atoms. The van der Waals surface area contributed by atoms with Crippen LogP contribution in [0.5, 0.6) is 0 Å². The summed E-state index contributed by atoms with van der Waals surface area (Å²) in [6, 6.07) is 13.3. The van der Waals surface area contributed by atoms with Gasteiger partial charge in [-0.3, -0.25) is 5.32 Å². The molecule has 4 nitrogen and oxygen atoms in total. The van der Waals surface area contributed by atoms with Gasteiger partial charge in [0.05, 0.1) is 7.11 Å². The van der Waals surface area contributed by atoms with Crippen molar-refractivity contribution in [3.63, 3.8) is 0 Å². The molecule has 21 heavy (non-hydrogen) atoms. The molecule has 0 aliphatic carbocycles. The first-order chi connectivity index (χ1) is 10.3. The van der Waals surface area contributed by atoms with Crippen LogP contribution >= 0.6 is 0 Å². The summed E-state index contributed by atoms with van der Waals surface area (Å²) in [5.41, 5.74) is 2.08. The van der Waals surface area contributed by atoms with Gasteiger partial charge in [0.1, 0.15) is 6.04 Å². The second-order valence-corrected chi connectivity index (χ2v) is 4.94. The first-order valence-electron chi connectivity index (χ1n) is 7.26. The summed E-state index contributed by atoms with van der Waals surface area (Å²) in [4.78, 5) is 12.0. The zero-order chi connectivity index (χ0) is 15.1. The molecule has 2 aromatic rings. The van der Waals surface area contributed by atoms with Crippen LogP contribution in [0.2, 0.25) is 0 Å². The number of benzene rings is 1. The molecule has 1 aromatic carbocycles. The number of aromatic nitrogens is 1. The van der Waals surface area contributed by atoms with Gasteiger partial charge >= 0.3 is 5.97 Å². The Bertz CT molecular complexity index is 563. The number of methoxy groups -OCH3 is 1. The van der Waals surface area contributed by atoms with Gasteiger partial charge in [0.2, 0.25) is 0 Å². The van der Waals surface area contributed by atoms with E-state index >= 15 is 0 Å². The van der Waals surface area contributed by atoms with Crippen LogP contribution in [0, 0.1) is 0 Å². The Morgan fingerprint density at radius 1 is 1.24 bits per heavy atom. The highest BCUT2D eigenvalue weighted by Gasteiger charge is 2.20. The minimum absolute atomic E-state index is 0.269. The van der Waals surface area contributed by atoms with E-state index in [0.717, 1.165) is 18.5 Å². The van der Waals surface area contributed by atoms with Gasteiger partial charge in [-0.1, -0.05) is 37.3 Å². The molecule has 112 valence electrons. The normalized spacial score (nSPS) is 12.1. The van der Waals surface area contributed by atoms with Crippen LogP contribution in [-0.2, 0) is 22.6 Å². The zero-order valence-electron chi connectivity index (χ0n) is 12.6. The summed E-state index contributed by atoms with van der Waals surface area (Å²) in [6.07, 6.45) is 3.15. The summed E-state index contributed by atoms with van der Waals surface area (Å²) in [6.45, 7) is 3.76. The summed E-state index contributed by atoms with van der Waals surface area (Å²) in [5, 5.41) is 3.29. The fourth-order valence-corrected chi connectivity index (χ4v) is 2.38. The Kier molecular flexibility index (Phi) is 5.58. The van der Waals surface area contributed by atoms with E-state index < -0.39 is 6.04 Å². The van der Waals surface area contributed by atoms with Crippen LogP contribution in [0.15, 0.2) is 48.7 Å². The second-order valence-electron chi connectivity index (χ2n) is 4.94. The molecule has 0 fully saturated rings. The Morgan fingerprint density at radius 2 is 2.00 bits per heavy atom. The fraction of sp³-hybridized carbons (Fsp3) is 0.353. The lowest BCUT2D eigenvalue weighted by Gasteiger charge is -2.17. The standard InChI is InChI=1S/C17H22N2O2/c1-3-11-19-12-7-10-15(19)13-18-16(17(20)21-2)14-8-5-4-6-9-14/h4-10,12,16,18H,3,11,13H2,1-2H3. The lowest BCUT2D eigenvalue weighted by Crippen LogP contribution is -2.30. The number of carbonyl (C=O) groups excluding carboxylic acids is 1. The average molecular weight is 286 g/mol. The highest BCUT2D eigenvalue weighted by atomic mass is 16.5. The van der Waals surface area contributed by atoms with Crippen molar-refractivity contribution in [3.05, 3.63) is 59.9 Å². The maximum absolute atomic E-state index is 12.0. The number of carbonyl (C=O) groups is 1. The maximum atomic E-state index is 12.0. The largest absolute Gasteiger partial charge is 0.468 e. The van der Waals surface area contributed by atoms with Gasteiger partial charge in [-0.05, 0) is 24.1 Å². The minimum atomic E-state index is -0.443. The molecule has 4 heteroatoms. The quantitative estimate of drug-likeness (QED) is 0.796. The van der Waals surface area contributed by atoms with E-state index in [4.69, 9.17) is 4.74 Å². The number of ether oxygens (including phenoxy) is 1. The van der Waals surface area contributed by atoms with Crippen molar-refractivity contribution in [2.45, 2.75) is 32.5 Å². The summed E-state index contributed by atoms with van der Waals surface area (Å²) in [7, 11) is 1.42. The van der Waals surface area contributed by atoms with Crippen molar-refractivity contribution in [1.82, 2.24) is 9.88 Å². The molecule has 1 N–H and O–H groups in total. The van der Waals surface area contributed by atoms with Crippen LogP contribution in [0.3, 0.4) is 0 Å². The van der Waals surface area contributed by atoms with Gasteiger partial charge in [0.15, 0.2) is 0 Å². The molecule has 0 spiro atoms. The Hall–Kier alpha value is -2.07. The third-order valence-corrected chi connectivity index (χ3v) is 3.45. The van der Waals surface area contributed by atoms with E-state index in [2.05, 4.69) is 29.1 Å². The highest BCUT2D eigenvalue weighted by molar-refractivity contribution is 5.77. The van der Waals surface area contributed by atoms with Gasteiger partial charge in [0, 0.05) is 25.0 Å². The fourth-order valence-electron chi connectivity index (χ4n) is 2.38. The predicted octanol–water partition coefficient (Wildman–Crippen LogP) is 2.90. The Balaban J connectivity index is 2.09. The number of nitrogens with zero attached hydrogens (tertiary/aromatic N) is 1. The first-order valence-corrected chi connectivity index (χ1v) is 7.26. The zero-order valence-corrected chi connectivity index (χ0v) is 12.6. The van der Waals surface area contributed by atoms with E-state index in [9.17, 15) is 4.79 Å². The van der Waals surface area contributed by atoms with Crippen LogP contribution in [0.25, 0.3) is 0 Å². The third kappa shape index (κ3) is 3.95. The van der Waals surface area contributed by atoms with Crippen molar-refractivity contribution in [2.24, 2.45) is 0 Å². The molecule has 1 aromatic heterocycles. The number of aryl methyl sites for hydroxylation is 1. The topological polar surface area (TPSA) is 43.3 Å². The van der Waals surface area contributed by atoms with Gasteiger partial charge < -0.3 is 9.30 Å². The van der Waals surface area contributed by atoms with Crippen LogP contribution in [0.1, 0.15) is 30.6 Å². The molecule has 0 aliphatic rings. The third-order valence-electron chi connectivity index (χ3n) is 3.45. The lowest BCUT2D eigenvalue weighted by molar-refractivity contribution is -0.143. The smallest absolute Gasteiger partial charge is 0.327 e. The highest BCUT2D eigenvalue weighted by Crippen LogP contribution is 2.15. The van der Waals surface area contributed by atoms with Gasteiger partial charge in [0.25, 0.3) is 0 Å². The van der Waals surface area contributed by atoms with Gasteiger partial charge in [-0.25, -0.2) is 4.79 Å². The molecule has 0 saturated heterocycles. The monoisotopic (exact) mass is 286 g/mol. The number of hydrogen-bond donors (Lipinski definition) is 1. The molecule has 2 rings (SSSR count). The molecular formula is C17H22N2O2. The summed E-state index contributed by atoms with van der Waals surface area (Å²) < 4.78 is 7.11. The van der Waals surface area contributed by atoms with E-state index in [0.29, 0.717) is 6.54 Å². The Morgan fingerprint density at radius 3 is 2.67 bits per heavy atom. The molecular weight excluding hydrogens is 264 g/mol. The lowest BCUT2D eigenvalue weighted by atomic mass is 10.1. The van der Waals surface area contributed by atoms with E-state index in [1.54, 1.807) is 0 Å². The predicted molar refractivity (Wildman–Crippen MR) is 82.8 cm³/mol. The molecule has 1 heterocycles. The molecule has 1 unspecified atom stereocenters. The Labute approximate surface area is 125 Å². The molecule has 1 atom stereocenters. The van der Waals surface area contributed by atoms with E-state index in [1.807, 2.05) is 36.4 Å². The molecule has 0 aliphatic heterocycles. The van der Waals surface area contributed by atoms with Crippen molar-refractivity contribution < 1.29 is 9.53 Å². The van der Waals surface area contributed by atoms with E-state index in [1.165, 1.54) is 12.8 Å². The second kappa shape index (κ2) is 7.64. The molecule has 0 amide bonds. The van der Waals surface area contributed by atoms with Gasteiger partial charge in [-0.2, -0.15) is 0 Å². The minimum Gasteiger partial charge on any atom is -0.468 e. The number of hydrogen-bond acceptors (Lipinski definition) is 3. The number of esters is 1. The van der Waals surface area contributed by atoms with Crippen molar-refractivity contribution >= 4 is 5.97 Å². The SMILES string of the molecule is CCCn1cccc1CNC(C(=O)OC)c1ccccc1. The average Bonchev–Trinajstić information content (AvgIpc) is 2.96. The molecule has 0 radical (unpaired) electrons. The summed E-state index contributed by atoms with van der Waals surface area (Å²) >= 11 is 0.